The zero-order chi connectivity index (χ0) is 19.9. The summed E-state index contributed by atoms with van der Waals surface area (Å²) in [4.78, 5) is 30.8. The highest BCUT2D eigenvalue weighted by atomic mass is 32.2. The summed E-state index contributed by atoms with van der Waals surface area (Å²) in [5.74, 6) is 1.11. The van der Waals surface area contributed by atoms with Gasteiger partial charge in [0, 0.05) is 25.4 Å². The minimum absolute atomic E-state index is 0.0147. The molecule has 156 valence electrons. The van der Waals surface area contributed by atoms with E-state index in [4.69, 9.17) is 4.74 Å². The van der Waals surface area contributed by atoms with E-state index in [0.29, 0.717) is 23.1 Å². The molecule has 0 aromatic carbocycles. The molecule has 8 heteroatoms. The fourth-order valence-electron chi connectivity index (χ4n) is 3.61. The van der Waals surface area contributed by atoms with Crippen LogP contribution in [0.25, 0.3) is 0 Å². The summed E-state index contributed by atoms with van der Waals surface area (Å²) in [5, 5.41) is 5.05. The predicted molar refractivity (Wildman–Crippen MR) is 115 cm³/mol. The maximum absolute atomic E-state index is 13.1. The van der Waals surface area contributed by atoms with E-state index in [1.807, 2.05) is 22.4 Å². The highest BCUT2D eigenvalue weighted by Gasteiger charge is 2.42. The molecule has 1 aromatic rings. The molecule has 0 aliphatic carbocycles. The zero-order valence-electron chi connectivity index (χ0n) is 16.8. The molecule has 2 unspecified atom stereocenters. The third kappa shape index (κ3) is 5.72. The molecular weight excluding hydrogens is 394 g/mol. The smallest absolute Gasteiger partial charge is 0.265 e. The van der Waals surface area contributed by atoms with Crippen LogP contribution in [-0.2, 0) is 9.53 Å². The van der Waals surface area contributed by atoms with Gasteiger partial charge in [0.2, 0.25) is 5.91 Å². The molecule has 2 atom stereocenters. The van der Waals surface area contributed by atoms with Gasteiger partial charge >= 0.3 is 0 Å². The predicted octanol–water partition coefficient (Wildman–Crippen LogP) is 2.52. The zero-order valence-corrected chi connectivity index (χ0v) is 18.4. The van der Waals surface area contributed by atoms with Gasteiger partial charge in [-0.15, -0.1) is 23.1 Å². The minimum atomic E-state index is -0.383. The van der Waals surface area contributed by atoms with Crippen molar-refractivity contribution in [1.82, 2.24) is 15.1 Å². The molecule has 3 heterocycles. The van der Waals surface area contributed by atoms with Gasteiger partial charge in [0.25, 0.3) is 5.91 Å². The second-order valence-corrected chi connectivity index (χ2v) is 9.88. The summed E-state index contributed by atoms with van der Waals surface area (Å²) < 4.78 is 5.36. The quantitative estimate of drug-likeness (QED) is 0.649. The van der Waals surface area contributed by atoms with Gasteiger partial charge in [-0.3, -0.25) is 14.5 Å². The standard InChI is InChI=1S/C20H31N3O3S2/c1-15(2)13-18-23(20(25)17-5-3-12-27-17)16(14-28-18)19(24)21-6-4-7-22-8-10-26-11-9-22/h3,5,12,15-16,18H,4,6-11,13-14H2,1-2H3,(H,21,24). The number of amides is 2. The molecule has 6 nitrogen and oxygen atoms in total. The average molecular weight is 426 g/mol. The fraction of sp³-hybridized carbons (Fsp3) is 0.700. The molecule has 2 saturated heterocycles. The van der Waals surface area contributed by atoms with Crippen molar-refractivity contribution in [2.45, 2.75) is 38.1 Å². The van der Waals surface area contributed by atoms with Crippen LogP contribution in [0.4, 0.5) is 0 Å². The van der Waals surface area contributed by atoms with Crippen molar-refractivity contribution < 1.29 is 14.3 Å². The molecule has 3 rings (SSSR count). The number of carbonyl (C=O) groups excluding carboxylic acids is 2. The number of thiophene rings is 1. The molecule has 28 heavy (non-hydrogen) atoms. The van der Waals surface area contributed by atoms with Crippen LogP contribution in [-0.4, -0.2) is 78.2 Å². The van der Waals surface area contributed by atoms with Gasteiger partial charge < -0.3 is 15.0 Å². The summed E-state index contributed by atoms with van der Waals surface area (Å²) in [6, 6.07) is 3.35. The number of hydrogen-bond donors (Lipinski definition) is 1. The van der Waals surface area contributed by atoms with E-state index < -0.39 is 0 Å². The third-order valence-electron chi connectivity index (χ3n) is 5.09. The molecule has 2 aliphatic heterocycles. The van der Waals surface area contributed by atoms with E-state index in [0.717, 1.165) is 45.7 Å². The van der Waals surface area contributed by atoms with Gasteiger partial charge in [0.05, 0.1) is 23.5 Å². The average Bonchev–Trinajstić information content (AvgIpc) is 3.35. The normalized spacial score (nSPS) is 23.3. The molecule has 0 radical (unpaired) electrons. The monoisotopic (exact) mass is 425 g/mol. The third-order valence-corrected chi connectivity index (χ3v) is 7.26. The molecule has 0 spiro atoms. The van der Waals surface area contributed by atoms with Gasteiger partial charge in [-0.2, -0.15) is 0 Å². The first kappa shape index (κ1) is 21.6. The van der Waals surface area contributed by atoms with E-state index in [1.165, 1.54) is 11.3 Å². The Labute approximate surface area is 176 Å². The molecule has 2 fully saturated rings. The SMILES string of the molecule is CC(C)CC1SCC(C(=O)NCCCN2CCOCC2)N1C(=O)c1cccs1. The Kier molecular flexibility index (Phi) is 8.20. The van der Waals surface area contributed by atoms with E-state index >= 15 is 0 Å². The summed E-state index contributed by atoms with van der Waals surface area (Å²) in [7, 11) is 0. The highest BCUT2D eigenvalue weighted by molar-refractivity contribution is 8.00. The number of thioether (sulfide) groups is 1. The van der Waals surface area contributed by atoms with E-state index in [-0.39, 0.29) is 23.2 Å². The second kappa shape index (κ2) is 10.6. The largest absolute Gasteiger partial charge is 0.379 e. The summed E-state index contributed by atoms with van der Waals surface area (Å²) in [5.41, 5.74) is 0. The van der Waals surface area contributed by atoms with E-state index in [9.17, 15) is 9.59 Å². The molecule has 1 aromatic heterocycles. The lowest BCUT2D eigenvalue weighted by Gasteiger charge is -2.29. The Balaban J connectivity index is 1.55. The Morgan fingerprint density at radius 1 is 1.32 bits per heavy atom. The van der Waals surface area contributed by atoms with Crippen LogP contribution in [0.1, 0.15) is 36.4 Å². The number of hydrogen-bond acceptors (Lipinski definition) is 6. The number of morpholine rings is 1. The van der Waals surface area contributed by atoms with Crippen LogP contribution >= 0.6 is 23.1 Å². The van der Waals surface area contributed by atoms with Crippen molar-refractivity contribution in [2.75, 3.05) is 45.1 Å². The second-order valence-electron chi connectivity index (χ2n) is 7.72. The van der Waals surface area contributed by atoms with Crippen molar-refractivity contribution in [3.05, 3.63) is 22.4 Å². The van der Waals surface area contributed by atoms with Crippen molar-refractivity contribution in [1.29, 1.82) is 0 Å². The minimum Gasteiger partial charge on any atom is -0.379 e. The summed E-state index contributed by atoms with van der Waals surface area (Å²) >= 11 is 3.17. The lowest BCUT2D eigenvalue weighted by molar-refractivity contribution is -0.124. The lowest BCUT2D eigenvalue weighted by Crippen LogP contribution is -2.50. The first-order valence-electron chi connectivity index (χ1n) is 10.1. The van der Waals surface area contributed by atoms with Crippen LogP contribution in [0.2, 0.25) is 0 Å². The Bertz CT molecular complexity index is 633. The summed E-state index contributed by atoms with van der Waals surface area (Å²) in [6.07, 6.45) is 1.82. The number of ether oxygens (including phenoxy) is 1. The van der Waals surface area contributed by atoms with Crippen LogP contribution < -0.4 is 5.32 Å². The van der Waals surface area contributed by atoms with Crippen molar-refractivity contribution >= 4 is 34.9 Å². The number of carbonyl (C=O) groups is 2. The van der Waals surface area contributed by atoms with Gasteiger partial charge in [0.1, 0.15) is 6.04 Å². The summed E-state index contributed by atoms with van der Waals surface area (Å²) in [6.45, 7) is 9.46. The number of rotatable bonds is 8. The molecule has 2 aliphatic rings. The molecule has 2 amide bonds. The Morgan fingerprint density at radius 3 is 2.79 bits per heavy atom. The molecular formula is C20H31N3O3S2. The first-order chi connectivity index (χ1) is 13.6. The topological polar surface area (TPSA) is 61.9 Å². The van der Waals surface area contributed by atoms with Gasteiger partial charge in [0.15, 0.2) is 0 Å². The Morgan fingerprint density at radius 2 is 2.11 bits per heavy atom. The lowest BCUT2D eigenvalue weighted by atomic mass is 10.1. The van der Waals surface area contributed by atoms with Gasteiger partial charge in [-0.05, 0) is 36.8 Å². The molecule has 0 saturated carbocycles. The number of nitrogens with one attached hydrogen (secondary N) is 1. The van der Waals surface area contributed by atoms with Crippen molar-refractivity contribution in [3.8, 4) is 0 Å². The van der Waals surface area contributed by atoms with E-state index in [2.05, 4.69) is 24.1 Å². The first-order valence-corrected chi connectivity index (χ1v) is 12.0. The van der Waals surface area contributed by atoms with Gasteiger partial charge in [-0.1, -0.05) is 19.9 Å². The molecule has 1 N–H and O–H groups in total. The van der Waals surface area contributed by atoms with Crippen LogP contribution in [0, 0.1) is 5.92 Å². The van der Waals surface area contributed by atoms with Crippen LogP contribution in [0.5, 0.6) is 0 Å². The highest BCUT2D eigenvalue weighted by Crippen LogP contribution is 2.35. The molecule has 0 bridgehead atoms. The van der Waals surface area contributed by atoms with E-state index in [1.54, 1.807) is 11.8 Å². The van der Waals surface area contributed by atoms with Crippen molar-refractivity contribution in [2.24, 2.45) is 5.92 Å². The van der Waals surface area contributed by atoms with Crippen LogP contribution in [0.3, 0.4) is 0 Å². The van der Waals surface area contributed by atoms with Crippen molar-refractivity contribution in [3.63, 3.8) is 0 Å². The maximum atomic E-state index is 13.1. The van der Waals surface area contributed by atoms with Crippen LogP contribution in [0.15, 0.2) is 17.5 Å². The number of nitrogens with zero attached hydrogens (tertiary/aromatic N) is 2. The maximum Gasteiger partial charge on any atom is 0.265 e. The Hall–Kier alpha value is -1.09. The van der Waals surface area contributed by atoms with Gasteiger partial charge in [-0.25, -0.2) is 0 Å². The fourth-order valence-corrected chi connectivity index (χ4v) is 5.91.